The molecule has 0 N–H and O–H groups in total. The summed E-state index contributed by atoms with van der Waals surface area (Å²) in [5.41, 5.74) is 0.175. The van der Waals surface area contributed by atoms with Crippen LogP contribution in [-0.2, 0) is 16.1 Å². The number of ether oxygens (including phenoxy) is 3. The Bertz CT molecular complexity index is 868. The van der Waals surface area contributed by atoms with E-state index in [2.05, 4.69) is 5.16 Å². The van der Waals surface area contributed by atoms with Gasteiger partial charge in [-0.3, -0.25) is 9.59 Å². The van der Waals surface area contributed by atoms with Gasteiger partial charge in [-0.05, 0) is 31.9 Å². The summed E-state index contributed by atoms with van der Waals surface area (Å²) in [5.74, 6) is 0.619. The molecule has 1 atom stereocenters. The van der Waals surface area contributed by atoms with Crippen molar-refractivity contribution in [3.8, 4) is 11.5 Å². The van der Waals surface area contributed by atoms with Crippen LogP contribution in [0.15, 0.2) is 28.8 Å². The van der Waals surface area contributed by atoms with Gasteiger partial charge in [-0.2, -0.15) is 0 Å². The molecule has 156 valence electrons. The molecule has 1 aliphatic heterocycles. The molecule has 0 spiro atoms. The van der Waals surface area contributed by atoms with Crippen molar-refractivity contribution >= 4 is 23.5 Å². The van der Waals surface area contributed by atoms with Crippen LogP contribution in [-0.4, -0.2) is 48.7 Å². The Hall–Kier alpha value is -2.74. The Morgan fingerprint density at radius 3 is 2.90 bits per heavy atom. The van der Waals surface area contributed by atoms with E-state index >= 15 is 0 Å². The molecule has 29 heavy (non-hydrogen) atoms. The van der Waals surface area contributed by atoms with Gasteiger partial charge < -0.3 is 23.6 Å². The van der Waals surface area contributed by atoms with E-state index in [9.17, 15) is 9.59 Å². The molecule has 2 aromatic rings. The van der Waals surface area contributed by atoms with Crippen molar-refractivity contribution in [1.29, 1.82) is 0 Å². The number of halogens is 1. The smallest absolute Gasteiger partial charge is 0.310 e. The van der Waals surface area contributed by atoms with Gasteiger partial charge in [0.1, 0.15) is 18.1 Å². The van der Waals surface area contributed by atoms with Gasteiger partial charge >= 0.3 is 5.97 Å². The van der Waals surface area contributed by atoms with Crippen LogP contribution in [0, 0.1) is 5.92 Å². The van der Waals surface area contributed by atoms with Gasteiger partial charge in [-0.25, -0.2) is 0 Å². The normalized spacial score (nSPS) is 16.4. The first-order valence-corrected chi connectivity index (χ1v) is 9.77. The molecule has 1 amide bonds. The van der Waals surface area contributed by atoms with Crippen LogP contribution in [0.4, 0.5) is 0 Å². The van der Waals surface area contributed by atoms with Gasteiger partial charge in [-0.15, -0.1) is 0 Å². The molecular weight excluding hydrogens is 400 g/mol. The topological polar surface area (TPSA) is 91.1 Å². The lowest BCUT2D eigenvalue weighted by Crippen LogP contribution is -2.42. The second kappa shape index (κ2) is 9.65. The summed E-state index contributed by atoms with van der Waals surface area (Å²) in [6.45, 7) is 3.04. The number of hydrogen-bond acceptors (Lipinski definition) is 7. The van der Waals surface area contributed by atoms with Crippen molar-refractivity contribution in [2.45, 2.75) is 26.4 Å². The third-order valence-corrected chi connectivity index (χ3v) is 4.91. The van der Waals surface area contributed by atoms with E-state index in [0.717, 1.165) is 6.42 Å². The van der Waals surface area contributed by atoms with Gasteiger partial charge in [0.25, 0.3) is 5.91 Å². The first-order chi connectivity index (χ1) is 14.0. The second-order valence-electron chi connectivity index (χ2n) is 6.61. The minimum absolute atomic E-state index is 0.0672. The van der Waals surface area contributed by atoms with Crippen LogP contribution < -0.4 is 9.47 Å². The number of piperidine rings is 1. The minimum Gasteiger partial charge on any atom is -0.497 e. The molecule has 0 saturated carbocycles. The van der Waals surface area contributed by atoms with Crippen LogP contribution in [0.25, 0.3) is 0 Å². The van der Waals surface area contributed by atoms with Crippen LogP contribution in [0.2, 0.25) is 5.02 Å². The minimum atomic E-state index is -0.306. The number of esters is 1. The van der Waals surface area contributed by atoms with E-state index in [0.29, 0.717) is 48.4 Å². The lowest BCUT2D eigenvalue weighted by molar-refractivity contribution is -0.149. The summed E-state index contributed by atoms with van der Waals surface area (Å²) in [4.78, 5) is 26.3. The number of likely N-dealkylation sites (tertiary alicyclic amines) is 1. The zero-order valence-corrected chi connectivity index (χ0v) is 17.1. The van der Waals surface area contributed by atoms with Gasteiger partial charge in [0, 0.05) is 25.2 Å². The fourth-order valence-electron chi connectivity index (χ4n) is 3.13. The maximum absolute atomic E-state index is 12.7. The summed E-state index contributed by atoms with van der Waals surface area (Å²) in [7, 11) is 1.55. The quantitative estimate of drug-likeness (QED) is 0.632. The Labute approximate surface area is 173 Å². The standard InChI is InChI=1S/C20H23ClN2O6/c1-3-27-20(25)13-5-4-8-23(11-13)19(24)17-10-15(29-22-17)12-28-18-7-6-14(26-2)9-16(18)21/h6-7,9-10,13H,3-5,8,11-12H2,1-2H3. The lowest BCUT2D eigenvalue weighted by Gasteiger charge is -2.30. The van der Waals surface area contributed by atoms with E-state index in [1.165, 1.54) is 6.07 Å². The molecule has 1 aliphatic rings. The molecule has 0 bridgehead atoms. The third kappa shape index (κ3) is 5.20. The third-order valence-electron chi connectivity index (χ3n) is 4.62. The molecule has 1 fully saturated rings. The zero-order chi connectivity index (χ0) is 20.8. The molecule has 1 aromatic heterocycles. The first kappa shape index (κ1) is 21.0. The number of benzene rings is 1. The van der Waals surface area contributed by atoms with Crippen LogP contribution in [0.5, 0.6) is 11.5 Å². The van der Waals surface area contributed by atoms with E-state index in [4.69, 9.17) is 30.3 Å². The SMILES string of the molecule is CCOC(=O)C1CCCN(C(=O)c2cc(COc3ccc(OC)cc3Cl)on2)C1. The number of amides is 1. The highest BCUT2D eigenvalue weighted by atomic mass is 35.5. The number of carbonyl (C=O) groups excluding carboxylic acids is 2. The summed E-state index contributed by atoms with van der Waals surface area (Å²) in [6, 6.07) is 6.59. The van der Waals surface area contributed by atoms with E-state index in [1.54, 1.807) is 37.1 Å². The van der Waals surface area contributed by atoms with Crippen LogP contribution in [0.3, 0.4) is 0 Å². The number of aromatic nitrogens is 1. The summed E-state index contributed by atoms with van der Waals surface area (Å²) >= 11 is 6.14. The Balaban J connectivity index is 1.59. The average molecular weight is 423 g/mol. The van der Waals surface area contributed by atoms with Gasteiger partial charge in [0.15, 0.2) is 11.5 Å². The molecule has 1 unspecified atom stereocenters. The molecule has 1 saturated heterocycles. The van der Waals surface area contributed by atoms with Crippen molar-refractivity contribution in [2.75, 3.05) is 26.8 Å². The van der Waals surface area contributed by atoms with E-state index < -0.39 is 0 Å². The fourth-order valence-corrected chi connectivity index (χ4v) is 3.36. The van der Waals surface area contributed by atoms with Crippen LogP contribution >= 0.6 is 11.6 Å². The number of nitrogens with zero attached hydrogens (tertiary/aromatic N) is 2. The summed E-state index contributed by atoms with van der Waals surface area (Å²) in [6.07, 6.45) is 1.45. The maximum atomic E-state index is 12.7. The lowest BCUT2D eigenvalue weighted by atomic mass is 9.98. The molecule has 0 aliphatic carbocycles. The highest BCUT2D eigenvalue weighted by Gasteiger charge is 2.31. The highest BCUT2D eigenvalue weighted by molar-refractivity contribution is 6.32. The first-order valence-electron chi connectivity index (χ1n) is 9.39. The monoisotopic (exact) mass is 422 g/mol. The molecule has 8 nitrogen and oxygen atoms in total. The van der Waals surface area contributed by atoms with Crippen molar-refractivity contribution in [1.82, 2.24) is 10.1 Å². The van der Waals surface area contributed by atoms with Gasteiger partial charge in [0.05, 0.1) is 24.7 Å². The summed E-state index contributed by atoms with van der Waals surface area (Å²) < 4.78 is 21.0. The van der Waals surface area contributed by atoms with Crippen LogP contribution in [0.1, 0.15) is 36.0 Å². The van der Waals surface area contributed by atoms with Gasteiger partial charge in [-0.1, -0.05) is 16.8 Å². The average Bonchev–Trinajstić information content (AvgIpc) is 3.21. The van der Waals surface area contributed by atoms with Crippen molar-refractivity contribution < 1.29 is 28.3 Å². The Morgan fingerprint density at radius 2 is 2.17 bits per heavy atom. The van der Waals surface area contributed by atoms with Crippen molar-refractivity contribution in [3.63, 3.8) is 0 Å². The molecular formula is C20H23ClN2O6. The Kier molecular flexibility index (Phi) is 6.98. The number of methoxy groups -OCH3 is 1. The highest BCUT2D eigenvalue weighted by Crippen LogP contribution is 2.29. The number of hydrogen-bond donors (Lipinski definition) is 0. The maximum Gasteiger partial charge on any atom is 0.310 e. The van der Waals surface area contributed by atoms with E-state index in [-0.39, 0.29) is 30.1 Å². The summed E-state index contributed by atoms with van der Waals surface area (Å²) in [5, 5.41) is 4.25. The van der Waals surface area contributed by atoms with Crippen molar-refractivity contribution in [2.24, 2.45) is 5.92 Å². The molecule has 1 aromatic carbocycles. The molecule has 2 heterocycles. The van der Waals surface area contributed by atoms with Gasteiger partial charge in [0.2, 0.25) is 0 Å². The predicted molar refractivity (Wildman–Crippen MR) is 104 cm³/mol. The number of carbonyl (C=O) groups is 2. The van der Waals surface area contributed by atoms with E-state index in [1.807, 2.05) is 0 Å². The molecule has 9 heteroatoms. The molecule has 3 rings (SSSR count). The fraction of sp³-hybridized carbons (Fsp3) is 0.450. The zero-order valence-electron chi connectivity index (χ0n) is 16.4. The second-order valence-corrected chi connectivity index (χ2v) is 7.01. The Morgan fingerprint density at radius 1 is 1.34 bits per heavy atom. The number of rotatable bonds is 7. The predicted octanol–water partition coefficient (Wildman–Crippen LogP) is 3.33. The van der Waals surface area contributed by atoms with Crippen molar-refractivity contribution in [3.05, 3.63) is 40.7 Å². The largest absolute Gasteiger partial charge is 0.497 e. The molecule has 0 radical (unpaired) electrons.